The lowest BCUT2D eigenvalue weighted by Crippen LogP contribution is -2.52. The van der Waals surface area contributed by atoms with E-state index in [-0.39, 0.29) is 5.91 Å². The summed E-state index contributed by atoms with van der Waals surface area (Å²) in [6, 6.07) is 8.40. The number of piperazine rings is 1. The predicted molar refractivity (Wildman–Crippen MR) is 132 cm³/mol. The molecular weight excluding hydrogens is 434 g/mol. The number of pyridine rings is 1. The summed E-state index contributed by atoms with van der Waals surface area (Å²) in [4.78, 5) is 23.1. The van der Waals surface area contributed by atoms with E-state index in [1.807, 2.05) is 54.6 Å². The maximum absolute atomic E-state index is 13.7. The highest BCUT2D eigenvalue weighted by molar-refractivity contribution is 6.31. The standard InChI is InChI=1S/C26H32ClN5O/c1-17-16-21(26(33)31-14-12-30(13-15-31)20-8-5-4-6-9-20)24-19(3)29-32(25(24)28-17)23-11-7-10-22(27)18(23)2/h7,10-11,16,20H,4-6,8-9,12-15H2,1-3H3. The van der Waals surface area contributed by atoms with E-state index in [1.165, 1.54) is 32.1 Å². The van der Waals surface area contributed by atoms with E-state index in [2.05, 4.69) is 4.90 Å². The van der Waals surface area contributed by atoms with Crippen LogP contribution in [-0.4, -0.2) is 62.7 Å². The Hall–Kier alpha value is -2.44. The van der Waals surface area contributed by atoms with E-state index in [1.54, 1.807) is 0 Å². The van der Waals surface area contributed by atoms with Crippen molar-refractivity contribution in [3.63, 3.8) is 0 Å². The Bertz CT molecular complexity index is 1190. The highest BCUT2D eigenvalue weighted by atomic mass is 35.5. The first kappa shape index (κ1) is 22.4. The Morgan fingerprint density at radius 2 is 1.76 bits per heavy atom. The molecule has 3 aromatic rings. The van der Waals surface area contributed by atoms with E-state index < -0.39 is 0 Å². The summed E-state index contributed by atoms with van der Waals surface area (Å²) in [5.41, 5.74) is 4.86. The molecule has 7 heteroatoms. The van der Waals surface area contributed by atoms with Gasteiger partial charge in [-0.05, 0) is 57.4 Å². The van der Waals surface area contributed by atoms with Gasteiger partial charge >= 0.3 is 0 Å². The number of aryl methyl sites for hydroxylation is 2. The van der Waals surface area contributed by atoms with Gasteiger partial charge in [0, 0.05) is 42.9 Å². The van der Waals surface area contributed by atoms with Gasteiger partial charge < -0.3 is 4.90 Å². The molecule has 174 valence electrons. The molecular formula is C26H32ClN5O. The Morgan fingerprint density at radius 1 is 1.03 bits per heavy atom. The normalized spacial score (nSPS) is 18.2. The van der Waals surface area contributed by atoms with Gasteiger partial charge in [-0.3, -0.25) is 9.69 Å². The summed E-state index contributed by atoms with van der Waals surface area (Å²) in [5, 5.41) is 6.30. The van der Waals surface area contributed by atoms with Crippen LogP contribution < -0.4 is 0 Å². The molecule has 1 aliphatic heterocycles. The predicted octanol–water partition coefficient (Wildman–Crippen LogP) is 5.09. The first-order chi connectivity index (χ1) is 15.9. The van der Waals surface area contributed by atoms with Gasteiger partial charge in [0.15, 0.2) is 5.65 Å². The molecule has 2 aliphatic rings. The fraction of sp³-hybridized carbons (Fsp3) is 0.500. The highest BCUT2D eigenvalue weighted by Crippen LogP contribution is 2.30. The largest absolute Gasteiger partial charge is 0.336 e. The number of hydrogen-bond donors (Lipinski definition) is 0. The molecule has 0 bridgehead atoms. The van der Waals surface area contributed by atoms with Crippen LogP contribution in [0.4, 0.5) is 0 Å². The molecule has 0 atom stereocenters. The van der Waals surface area contributed by atoms with Crippen LogP contribution in [0.15, 0.2) is 24.3 Å². The van der Waals surface area contributed by atoms with Crippen LogP contribution in [0, 0.1) is 20.8 Å². The number of carbonyl (C=O) groups is 1. The van der Waals surface area contributed by atoms with Gasteiger partial charge in [0.25, 0.3) is 5.91 Å². The lowest BCUT2D eigenvalue weighted by molar-refractivity contribution is 0.0525. The van der Waals surface area contributed by atoms with Crippen molar-refractivity contribution < 1.29 is 4.79 Å². The Morgan fingerprint density at radius 3 is 2.48 bits per heavy atom. The number of halogens is 1. The van der Waals surface area contributed by atoms with Crippen molar-refractivity contribution in [1.82, 2.24) is 24.6 Å². The molecule has 0 radical (unpaired) electrons. The van der Waals surface area contributed by atoms with Crippen LogP contribution in [0.25, 0.3) is 16.7 Å². The summed E-state index contributed by atoms with van der Waals surface area (Å²) in [6.45, 7) is 9.35. The molecule has 3 heterocycles. The van der Waals surface area contributed by atoms with Crippen molar-refractivity contribution in [2.24, 2.45) is 0 Å². The minimum Gasteiger partial charge on any atom is -0.336 e. The molecule has 0 spiro atoms. The van der Waals surface area contributed by atoms with E-state index in [0.29, 0.717) is 22.3 Å². The van der Waals surface area contributed by atoms with Gasteiger partial charge in [-0.25, -0.2) is 9.67 Å². The van der Waals surface area contributed by atoms with Crippen molar-refractivity contribution in [2.75, 3.05) is 26.2 Å². The summed E-state index contributed by atoms with van der Waals surface area (Å²) < 4.78 is 1.83. The van der Waals surface area contributed by atoms with Gasteiger partial charge in [-0.2, -0.15) is 5.10 Å². The Labute approximate surface area is 200 Å². The zero-order valence-electron chi connectivity index (χ0n) is 19.8. The third kappa shape index (κ3) is 4.15. The fourth-order valence-corrected chi connectivity index (χ4v) is 5.65. The molecule has 0 N–H and O–H groups in total. The van der Waals surface area contributed by atoms with Gasteiger partial charge in [0.2, 0.25) is 0 Å². The number of fused-ring (bicyclic) bond motifs is 1. The van der Waals surface area contributed by atoms with Crippen molar-refractivity contribution in [3.8, 4) is 5.69 Å². The first-order valence-electron chi connectivity index (χ1n) is 12.1. The van der Waals surface area contributed by atoms with Crippen LogP contribution in [-0.2, 0) is 0 Å². The van der Waals surface area contributed by atoms with E-state index in [4.69, 9.17) is 21.7 Å². The number of carbonyl (C=O) groups excluding carboxylic acids is 1. The molecule has 2 fully saturated rings. The molecule has 1 amide bonds. The molecule has 33 heavy (non-hydrogen) atoms. The second-order valence-corrected chi connectivity index (χ2v) is 9.92. The second-order valence-electron chi connectivity index (χ2n) is 9.51. The molecule has 0 unspecified atom stereocenters. The smallest absolute Gasteiger partial charge is 0.254 e. The van der Waals surface area contributed by atoms with Crippen molar-refractivity contribution in [1.29, 1.82) is 0 Å². The number of benzene rings is 1. The van der Waals surface area contributed by atoms with Crippen LogP contribution in [0.1, 0.15) is 59.4 Å². The Kier molecular flexibility index (Phi) is 6.14. The maximum Gasteiger partial charge on any atom is 0.254 e. The minimum atomic E-state index is 0.0826. The van der Waals surface area contributed by atoms with E-state index in [9.17, 15) is 4.79 Å². The van der Waals surface area contributed by atoms with Crippen LogP contribution in [0.2, 0.25) is 5.02 Å². The number of rotatable bonds is 3. The molecule has 6 nitrogen and oxygen atoms in total. The van der Waals surface area contributed by atoms with Crippen molar-refractivity contribution in [3.05, 3.63) is 51.8 Å². The van der Waals surface area contributed by atoms with E-state index >= 15 is 0 Å². The first-order valence-corrected chi connectivity index (χ1v) is 12.5. The maximum atomic E-state index is 13.7. The van der Waals surface area contributed by atoms with Crippen LogP contribution in [0.5, 0.6) is 0 Å². The summed E-state index contributed by atoms with van der Waals surface area (Å²) in [5.74, 6) is 0.0826. The Balaban J connectivity index is 1.46. The van der Waals surface area contributed by atoms with Gasteiger partial charge in [0.05, 0.1) is 22.3 Å². The number of hydrogen-bond acceptors (Lipinski definition) is 4. The topological polar surface area (TPSA) is 54.3 Å². The number of aromatic nitrogens is 3. The van der Waals surface area contributed by atoms with Gasteiger partial charge in [-0.1, -0.05) is 36.9 Å². The van der Waals surface area contributed by atoms with E-state index in [0.717, 1.165) is 54.2 Å². The minimum absolute atomic E-state index is 0.0826. The van der Waals surface area contributed by atoms with Crippen LogP contribution in [0.3, 0.4) is 0 Å². The molecule has 5 rings (SSSR count). The summed E-state index contributed by atoms with van der Waals surface area (Å²) >= 11 is 6.38. The molecule has 2 aromatic heterocycles. The van der Waals surface area contributed by atoms with Crippen molar-refractivity contribution >= 4 is 28.5 Å². The zero-order chi connectivity index (χ0) is 23.1. The second kappa shape index (κ2) is 9.07. The highest BCUT2D eigenvalue weighted by Gasteiger charge is 2.29. The average Bonchev–Trinajstić information content (AvgIpc) is 3.16. The molecule has 1 saturated carbocycles. The van der Waals surface area contributed by atoms with Gasteiger partial charge in [0.1, 0.15) is 0 Å². The summed E-state index contributed by atoms with van der Waals surface area (Å²) in [7, 11) is 0. The SMILES string of the molecule is Cc1cc(C(=O)N2CCN(C3CCCCC3)CC2)c2c(C)nn(-c3cccc(Cl)c3C)c2n1. The number of nitrogens with zero attached hydrogens (tertiary/aromatic N) is 5. The number of amides is 1. The molecule has 1 aliphatic carbocycles. The quantitative estimate of drug-likeness (QED) is 0.540. The monoisotopic (exact) mass is 465 g/mol. The lowest BCUT2D eigenvalue weighted by atomic mass is 9.94. The van der Waals surface area contributed by atoms with Crippen LogP contribution >= 0.6 is 11.6 Å². The third-order valence-electron chi connectivity index (χ3n) is 7.33. The fourth-order valence-electron chi connectivity index (χ4n) is 5.48. The van der Waals surface area contributed by atoms with Gasteiger partial charge in [-0.15, -0.1) is 0 Å². The third-order valence-corrected chi connectivity index (χ3v) is 7.74. The van der Waals surface area contributed by atoms with Crippen molar-refractivity contribution in [2.45, 2.75) is 58.9 Å². The zero-order valence-corrected chi connectivity index (χ0v) is 20.5. The molecule has 1 aromatic carbocycles. The average molecular weight is 466 g/mol. The summed E-state index contributed by atoms with van der Waals surface area (Å²) in [6.07, 6.45) is 6.66. The molecule has 1 saturated heterocycles. The lowest BCUT2D eigenvalue weighted by Gasteiger charge is -2.40.